The maximum absolute atomic E-state index is 13.4. The Morgan fingerprint density at radius 1 is 1.21 bits per heavy atom. The van der Waals surface area contributed by atoms with E-state index in [0.29, 0.717) is 61.4 Å². The van der Waals surface area contributed by atoms with Crippen molar-refractivity contribution in [2.75, 3.05) is 32.1 Å². The third-order valence-electron chi connectivity index (χ3n) is 5.34. The zero-order valence-corrected chi connectivity index (χ0v) is 18.0. The lowest BCUT2D eigenvalue weighted by atomic mass is 10.2. The zero-order valence-electron chi connectivity index (χ0n) is 18.0. The summed E-state index contributed by atoms with van der Waals surface area (Å²) >= 11 is 0. The molecule has 3 heterocycles. The van der Waals surface area contributed by atoms with E-state index in [1.54, 1.807) is 18.0 Å². The molecule has 0 spiro atoms. The van der Waals surface area contributed by atoms with Crippen molar-refractivity contribution in [1.29, 1.82) is 0 Å². The number of ether oxygens (including phenoxy) is 1. The predicted molar refractivity (Wildman–Crippen MR) is 120 cm³/mol. The van der Waals surface area contributed by atoms with Crippen molar-refractivity contribution in [2.24, 2.45) is 4.99 Å². The number of aliphatic imine (C=N–C) groups is 1. The summed E-state index contributed by atoms with van der Waals surface area (Å²) in [5, 5.41) is 14.1. The van der Waals surface area contributed by atoms with Gasteiger partial charge in [0.15, 0.2) is 5.88 Å². The lowest BCUT2D eigenvalue weighted by Crippen LogP contribution is -2.31. The summed E-state index contributed by atoms with van der Waals surface area (Å²) in [6, 6.07) is 4.09. The van der Waals surface area contributed by atoms with Crippen molar-refractivity contribution >= 4 is 34.7 Å². The van der Waals surface area contributed by atoms with Gasteiger partial charge in [0.2, 0.25) is 5.91 Å². The van der Waals surface area contributed by atoms with Crippen LogP contribution in [0.2, 0.25) is 0 Å². The van der Waals surface area contributed by atoms with Crippen LogP contribution in [0.25, 0.3) is 11.0 Å². The van der Waals surface area contributed by atoms with Crippen molar-refractivity contribution in [2.45, 2.75) is 25.7 Å². The molecule has 174 valence electrons. The number of H-pyrrole nitrogens is 1. The van der Waals surface area contributed by atoms with Crippen LogP contribution >= 0.6 is 0 Å². The van der Waals surface area contributed by atoms with Crippen molar-refractivity contribution in [3.8, 4) is 11.6 Å². The number of hydrogen-bond acceptors (Lipinski definition) is 7. The Labute approximate surface area is 188 Å². The van der Waals surface area contributed by atoms with Crippen LogP contribution < -0.4 is 10.1 Å². The standard InChI is InChI=1S/C22H24F2N6O3/c1-30-6-5-25-20-18-16(22(32)29-21(18)28-12-27-20)11-26-14-8-13(19(23)24)9-15(10-14)33-7-3-2-4-17(30)31/h8-12,19,32H,2-7H2,1H3,(H2,25,27,28,29). The Balaban J connectivity index is 1.75. The highest BCUT2D eigenvalue weighted by molar-refractivity contribution is 6.06. The summed E-state index contributed by atoms with van der Waals surface area (Å²) in [6.07, 6.45) is 1.61. The number of benzene rings is 1. The van der Waals surface area contributed by atoms with E-state index in [1.165, 1.54) is 24.7 Å². The molecule has 1 amide bonds. The second-order valence-electron chi connectivity index (χ2n) is 7.70. The van der Waals surface area contributed by atoms with Crippen molar-refractivity contribution in [1.82, 2.24) is 19.9 Å². The number of aromatic amines is 1. The quantitative estimate of drug-likeness (QED) is 0.511. The summed E-state index contributed by atoms with van der Waals surface area (Å²) in [4.78, 5) is 29.4. The molecular weight excluding hydrogens is 434 g/mol. The molecule has 9 nitrogen and oxygen atoms in total. The molecular formula is C22H24F2N6O3. The number of nitrogens with one attached hydrogen (secondary N) is 2. The lowest BCUT2D eigenvalue weighted by molar-refractivity contribution is -0.129. The summed E-state index contributed by atoms with van der Waals surface area (Å²) in [7, 11) is 1.73. The van der Waals surface area contributed by atoms with Crippen LogP contribution in [0.4, 0.5) is 20.3 Å². The number of carbonyl (C=O) groups is 1. The number of aromatic hydroxyl groups is 1. The van der Waals surface area contributed by atoms with Crippen LogP contribution in [0.15, 0.2) is 29.5 Å². The van der Waals surface area contributed by atoms with Gasteiger partial charge >= 0.3 is 0 Å². The van der Waals surface area contributed by atoms with Crippen LogP contribution in [-0.2, 0) is 4.79 Å². The minimum absolute atomic E-state index is 0.000143. The largest absolute Gasteiger partial charge is 0.494 e. The molecule has 4 rings (SSSR count). The third kappa shape index (κ3) is 5.18. The van der Waals surface area contributed by atoms with Crippen LogP contribution in [0.5, 0.6) is 11.6 Å². The van der Waals surface area contributed by atoms with Crippen molar-refractivity contribution in [3.05, 3.63) is 35.7 Å². The average Bonchev–Trinajstić information content (AvgIpc) is 3.12. The Hall–Kier alpha value is -3.76. The molecule has 3 aromatic rings. The fourth-order valence-corrected chi connectivity index (χ4v) is 3.55. The zero-order chi connectivity index (χ0) is 23.4. The molecule has 33 heavy (non-hydrogen) atoms. The van der Waals surface area contributed by atoms with E-state index in [0.717, 1.165) is 0 Å². The number of likely N-dealkylation sites (N-methyl/N-ethyl adjacent to an activating group) is 1. The van der Waals surface area contributed by atoms with E-state index >= 15 is 0 Å². The number of alkyl halides is 2. The number of carbonyl (C=O) groups excluding carboxylic acids is 1. The molecule has 0 aliphatic carbocycles. The summed E-state index contributed by atoms with van der Waals surface area (Å²) in [5.74, 6) is 0.531. The minimum atomic E-state index is -2.70. The van der Waals surface area contributed by atoms with Gasteiger partial charge in [-0.2, -0.15) is 0 Å². The first-order valence-corrected chi connectivity index (χ1v) is 10.6. The van der Waals surface area contributed by atoms with Gasteiger partial charge in [-0.1, -0.05) is 0 Å². The molecule has 1 aliphatic rings. The van der Waals surface area contributed by atoms with E-state index < -0.39 is 6.43 Å². The van der Waals surface area contributed by atoms with Gasteiger partial charge < -0.3 is 25.0 Å². The Morgan fingerprint density at radius 3 is 2.88 bits per heavy atom. The Kier molecular flexibility index (Phi) is 6.66. The van der Waals surface area contributed by atoms with Gasteiger partial charge in [0.25, 0.3) is 6.43 Å². The minimum Gasteiger partial charge on any atom is -0.494 e. The van der Waals surface area contributed by atoms with E-state index in [-0.39, 0.29) is 28.8 Å². The van der Waals surface area contributed by atoms with Gasteiger partial charge in [0.05, 0.1) is 23.2 Å². The number of fused-ring (bicyclic) bond motifs is 2. The summed E-state index contributed by atoms with van der Waals surface area (Å²) < 4.78 is 32.5. The third-order valence-corrected chi connectivity index (χ3v) is 5.34. The predicted octanol–water partition coefficient (Wildman–Crippen LogP) is 3.78. The van der Waals surface area contributed by atoms with Crippen molar-refractivity contribution < 1.29 is 23.4 Å². The molecule has 0 atom stereocenters. The number of halogens is 2. The number of rotatable bonds is 1. The molecule has 0 unspecified atom stereocenters. The molecule has 1 aromatic carbocycles. The molecule has 2 aromatic heterocycles. The highest BCUT2D eigenvalue weighted by atomic mass is 19.3. The van der Waals surface area contributed by atoms with Gasteiger partial charge in [0, 0.05) is 44.4 Å². The molecule has 2 bridgehead atoms. The summed E-state index contributed by atoms with van der Waals surface area (Å²) in [5.41, 5.74) is 0.722. The summed E-state index contributed by atoms with van der Waals surface area (Å²) in [6.45, 7) is 1.18. The fraction of sp³-hybridized carbons (Fsp3) is 0.364. The van der Waals surface area contributed by atoms with Gasteiger partial charge in [0.1, 0.15) is 23.5 Å². The SMILES string of the molecule is CN1CCNc2ncnc3[nH]c(O)c(c23)C=Nc2cc(cc(C(F)F)c2)OCCCCC1=O. The highest BCUT2D eigenvalue weighted by Crippen LogP contribution is 2.32. The van der Waals surface area contributed by atoms with E-state index in [9.17, 15) is 18.7 Å². The van der Waals surface area contributed by atoms with Crippen LogP contribution in [-0.4, -0.2) is 63.8 Å². The van der Waals surface area contributed by atoms with Gasteiger partial charge in [-0.05, 0) is 25.0 Å². The van der Waals surface area contributed by atoms with Gasteiger partial charge in [-0.25, -0.2) is 18.7 Å². The fourth-order valence-electron chi connectivity index (χ4n) is 3.55. The topological polar surface area (TPSA) is 116 Å². The molecule has 0 saturated heterocycles. The maximum atomic E-state index is 13.4. The molecule has 3 N–H and O–H groups in total. The van der Waals surface area contributed by atoms with Crippen LogP contribution in [0, 0.1) is 0 Å². The van der Waals surface area contributed by atoms with E-state index in [2.05, 4.69) is 25.3 Å². The monoisotopic (exact) mass is 458 g/mol. The molecule has 0 fully saturated rings. The van der Waals surface area contributed by atoms with Gasteiger partial charge in [-0.15, -0.1) is 0 Å². The molecule has 0 radical (unpaired) electrons. The molecule has 0 saturated carbocycles. The Morgan fingerprint density at radius 2 is 2.06 bits per heavy atom. The number of amides is 1. The van der Waals surface area contributed by atoms with E-state index in [4.69, 9.17) is 4.74 Å². The first-order valence-electron chi connectivity index (χ1n) is 10.6. The molecule has 11 heteroatoms. The number of aromatic nitrogens is 3. The molecule has 1 aliphatic heterocycles. The van der Waals surface area contributed by atoms with Crippen LogP contribution in [0.1, 0.15) is 36.8 Å². The maximum Gasteiger partial charge on any atom is 0.264 e. The second kappa shape index (κ2) is 9.80. The average molecular weight is 458 g/mol. The normalized spacial score (nSPS) is 15.8. The van der Waals surface area contributed by atoms with Crippen LogP contribution in [0.3, 0.4) is 0 Å². The lowest BCUT2D eigenvalue weighted by Gasteiger charge is -2.18. The van der Waals surface area contributed by atoms with Crippen molar-refractivity contribution in [3.63, 3.8) is 0 Å². The smallest absolute Gasteiger partial charge is 0.264 e. The van der Waals surface area contributed by atoms with Gasteiger partial charge in [-0.3, -0.25) is 9.79 Å². The van der Waals surface area contributed by atoms with E-state index in [1.807, 2.05) is 0 Å². The first kappa shape index (κ1) is 22.4. The number of anilines is 1. The highest BCUT2D eigenvalue weighted by Gasteiger charge is 2.17. The first-order chi connectivity index (χ1) is 15.9. The number of hydrogen-bond donors (Lipinski definition) is 3. The number of nitrogens with zero attached hydrogens (tertiary/aromatic N) is 4. The second-order valence-corrected chi connectivity index (χ2v) is 7.70. The Bertz CT molecular complexity index is 1180.